The van der Waals surface area contributed by atoms with E-state index in [1.165, 1.54) is 11.3 Å². The quantitative estimate of drug-likeness (QED) is 0.653. The summed E-state index contributed by atoms with van der Waals surface area (Å²) >= 11 is 7.30. The first-order valence-electron chi connectivity index (χ1n) is 7.85. The molecule has 140 valence electrons. The van der Waals surface area contributed by atoms with E-state index >= 15 is 0 Å². The number of aryl methyl sites for hydroxylation is 1. The van der Waals surface area contributed by atoms with E-state index in [9.17, 15) is 13.2 Å². The van der Waals surface area contributed by atoms with Crippen LogP contribution in [-0.4, -0.2) is 19.3 Å². The van der Waals surface area contributed by atoms with E-state index in [1.807, 2.05) is 12.1 Å². The van der Waals surface area contributed by atoms with Gasteiger partial charge in [0.2, 0.25) is 10.0 Å². The maximum Gasteiger partial charge on any atom is 0.267 e. The molecule has 6 nitrogen and oxygen atoms in total. The van der Waals surface area contributed by atoms with Crippen molar-refractivity contribution in [2.24, 2.45) is 5.14 Å². The molecule has 0 saturated carbocycles. The summed E-state index contributed by atoms with van der Waals surface area (Å²) in [6, 6.07) is 13.8. The number of aromatic nitrogens is 1. The molecule has 0 spiro atoms. The predicted molar refractivity (Wildman–Crippen MR) is 109 cm³/mol. The zero-order valence-electron chi connectivity index (χ0n) is 14.3. The van der Waals surface area contributed by atoms with Crippen molar-refractivity contribution in [2.75, 3.05) is 5.32 Å². The van der Waals surface area contributed by atoms with Gasteiger partial charge in [-0.2, -0.15) is 0 Å². The Hall–Kier alpha value is -2.26. The monoisotopic (exact) mass is 421 g/mol. The SMILES string of the molecule is Cc1nc(-c2cccc(Cl)c2)sc1C(=O)Nc1ccc(CS(N)(=O)=O)cc1. The van der Waals surface area contributed by atoms with Crippen LogP contribution in [0.5, 0.6) is 0 Å². The lowest BCUT2D eigenvalue weighted by molar-refractivity contribution is 0.103. The number of primary sulfonamides is 1. The molecule has 0 saturated heterocycles. The van der Waals surface area contributed by atoms with E-state index in [-0.39, 0.29) is 11.7 Å². The number of benzene rings is 2. The summed E-state index contributed by atoms with van der Waals surface area (Å²) in [7, 11) is -3.59. The van der Waals surface area contributed by atoms with Gasteiger partial charge >= 0.3 is 0 Å². The first-order chi connectivity index (χ1) is 12.7. The number of hydrogen-bond donors (Lipinski definition) is 2. The maximum atomic E-state index is 12.6. The number of rotatable bonds is 5. The van der Waals surface area contributed by atoms with Gasteiger partial charge < -0.3 is 5.32 Å². The molecule has 3 aromatic rings. The smallest absolute Gasteiger partial charge is 0.267 e. The topological polar surface area (TPSA) is 102 Å². The normalized spacial score (nSPS) is 11.4. The van der Waals surface area contributed by atoms with Crippen LogP contribution < -0.4 is 10.5 Å². The van der Waals surface area contributed by atoms with Crippen LogP contribution in [-0.2, 0) is 15.8 Å². The lowest BCUT2D eigenvalue weighted by atomic mass is 10.2. The highest BCUT2D eigenvalue weighted by molar-refractivity contribution is 7.88. The van der Waals surface area contributed by atoms with Gasteiger partial charge in [-0.05, 0) is 36.8 Å². The first kappa shape index (κ1) is 19.5. The molecular formula is C18H16ClN3O3S2. The van der Waals surface area contributed by atoms with E-state index < -0.39 is 10.0 Å². The summed E-state index contributed by atoms with van der Waals surface area (Å²) < 4.78 is 22.2. The second-order valence-electron chi connectivity index (χ2n) is 5.90. The van der Waals surface area contributed by atoms with Crippen LogP contribution in [0.4, 0.5) is 5.69 Å². The van der Waals surface area contributed by atoms with Crippen LogP contribution in [0.2, 0.25) is 5.02 Å². The summed E-state index contributed by atoms with van der Waals surface area (Å²) in [6.07, 6.45) is 0. The van der Waals surface area contributed by atoms with E-state index in [2.05, 4.69) is 10.3 Å². The molecule has 1 amide bonds. The number of halogens is 1. The first-order valence-corrected chi connectivity index (χ1v) is 10.8. The third kappa shape index (κ3) is 5.14. The van der Waals surface area contributed by atoms with Gasteiger partial charge in [-0.3, -0.25) is 4.79 Å². The summed E-state index contributed by atoms with van der Waals surface area (Å²) in [5.41, 5.74) is 2.57. The molecule has 2 aromatic carbocycles. The van der Waals surface area contributed by atoms with Crippen LogP contribution in [0, 0.1) is 6.92 Å². The minimum Gasteiger partial charge on any atom is -0.321 e. The summed E-state index contributed by atoms with van der Waals surface area (Å²) in [6.45, 7) is 1.77. The number of amides is 1. The summed E-state index contributed by atoms with van der Waals surface area (Å²) in [5.74, 6) is -0.532. The van der Waals surface area contributed by atoms with E-state index in [1.54, 1.807) is 43.3 Å². The number of nitrogens with zero attached hydrogens (tertiary/aromatic N) is 1. The number of carbonyl (C=O) groups excluding carboxylic acids is 1. The number of anilines is 1. The predicted octanol–water partition coefficient (Wildman–Crippen LogP) is 3.81. The fourth-order valence-corrected chi connectivity index (χ4v) is 4.26. The van der Waals surface area contributed by atoms with Crippen LogP contribution >= 0.6 is 22.9 Å². The second kappa shape index (κ2) is 7.77. The third-order valence-corrected chi connectivity index (χ3v) is 5.83. The number of nitrogens with one attached hydrogen (secondary N) is 1. The highest BCUT2D eigenvalue weighted by atomic mass is 35.5. The highest BCUT2D eigenvalue weighted by Crippen LogP contribution is 2.30. The van der Waals surface area contributed by atoms with Gasteiger partial charge in [-0.25, -0.2) is 18.5 Å². The number of sulfonamides is 1. The van der Waals surface area contributed by atoms with Gasteiger partial charge in [0.15, 0.2) is 0 Å². The van der Waals surface area contributed by atoms with Gasteiger partial charge in [0.25, 0.3) is 5.91 Å². The van der Waals surface area contributed by atoms with Crippen LogP contribution in [0.3, 0.4) is 0 Å². The summed E-state index contributed by atoms with van der Waals surface area (Å²) in [4.78, 5) is 17.5. The van der Waals surface area contributed by atoms with Crippen molar-refractivity contribution in [1.82, 2.24) is 4.98 Å². The van der Waals surface area contributed by atoms with Crippen molar-refractivity contribution in [2.45, 2.75) is 12.7 Å². The molecule has 9 heteroatoms. The highest BCUT2D eigenvalue weighted by Gasteiger charge is 2.17. The van der Waals surface area contributed by atoms with E-state index in [4.69, 9.17) is 16.7 Å². The minimum absolute atomic E-state index is 0.252. The average molecular weight is 422 g/mol. The molecule has 0 radical (unpaired) electrons. The molecular weight excluding hydrogens is 406 g/mol. The van der Waals surface area contributed by atoms with Crippen molar-refractivity contribution in [3.8, 4) is 10.6 Å². The van der Waals surface area contributed by atoms with Crippen molar-refractivity contribution in [1.29, 1.82) is 0 Å². The van der Waals surface area contributed by atoms with Crippen molar-refractivity contribution < 1.29 is 13.2 Å². The minimum atomic E-state index is -3.59. The molecule has 3 N–H and O–H groups in total. The largest absolute Gasteiger partial charge is 0.321 e. The van der Waals surface area contributed by atoms with Gasteiger partial charge in [-0.1, -0.05) is 35.9 Å². The van der Waals surface area contributed by atoms with Crippen LogP contribution in [0.15, 0.2) is 48.5 Å². The lowest BCUT2D eigenvalue weighted by Gasteiger charge is -2.05. The Labute approximate surface area is 166 Å². The molecule has 0 atom stereocenters. The zero-order chi connectivity index (χ0) is 19.6. The van der Waals surface area contributed by atoms with E-state index in [0.29, 0.717) is 31.9 Å². The molecule has 0 aliphatic heterocycles. The zero-order valence-corrected chi connectivity index (χ0v) is 16.7. The Bertz CT molecular complexity index is 1090. The van der Waals surface area contributed by atoms with Crippen molar-refractivity contribution in [3.05, 3.63) is 69.7 Å². The standard InChI is InChI=1S/C18H16ClN3O3S2/c1-11-16(26-18(21-11)13-3-2-4-14(19)9-13)17(23)22-15-7-5-12(6-8-15)10-27(20,24)25/h2-9H,10H2,1H3,(H,22,23)(H2,20,24,25). The van der Waals surface area contributed by atoms with Gasteiger partial charge in [0.05, 0.1) is 11.4 Å². The Morgan fingerprint density at radius 2 is 1.93 bits per heavy atom. The maximum absolute atomic E-state index is 12.6. The third-order valence-electron chi connectivity index (χ3n) is 3.65. The lowest BCUT2D eigenvalue weighted by Crippen LogP contribution is -2.14. The molecule has 1 aromatic heterocycles. The van der Waals surface area contributed by atoms with Crippen LogP contribution in [0.1, 0.15) is 20.9 Å². The van der Waals surface area contributed by atoms with Crippen molar-refractivity contribution >= 4 is 44.6 Å². The number of hydrogen-bond acceptors (Lipinski definition) is 5. The number of carbonyl (C=O) groups is 1. The Balaban J connectivity index is 1.77. The second-order valence-corrected chi connectivity index (χ2v) is 8.95. The van der Waals surface area contributed by atoms with Gasteiger partial charge in [-0.15, -0.1) is 11.3 Å². The van der Waals surface area contributed by atoms with Crippen LogP contribution in [0.25, 0.3) is 10.6 Å². The molecule has 1 heterocycles. The molecule has 0 bridgehead atoms. The Morgan fingerprint density at radius 1 is 1.22 bits per heavy atom. The Kier molecular flexibility index (Phi) is 5.61. The average Bonchev–Trinajstić information content (AvgIpc) is 2.97. The fraction of sp³-hybridized carbons (Fsp3) is 0.111. The molecule has 0 aliphatic carbocycles. The molecule has 0 aliphatic rings. The molecule has 27 heavy (non-hydrogen) atoms. The molecule has 0 unspecified atom stereocenters. The van der Waals surface area contributed by atoms with Gasteiger partial charge in [0.1, 0.15) is 9.88 Å². The van der Waals surface area contributed by atoms with Gasteiger partial charge in [0, 0.05) is 16.3 Å². The number of thiazole rings is 1. The van der Waals surface area contributed by atoms with E-state index in [0.717, 1.165) is 5.56 Å². The summed E-state index contributed by atoms with van der Waals surface area (Å²) in [5, 5.41) is 9.13. The fourth-order valence-electron chi connectivity index (χ4n) is 2.46. The number of nitrogens with two attached hydrogens (primary N) is 1. The molecule has 3 rings (SSSR count). The Morgan fingerprint density at radius 3 is 2.56 bits per heavy atom. The molecule has 0 fully saturated rings. The van der Waals surface area contributed by atoms with Crippen molar-refractivity contribution in [3.63, 3.8) is 0 Å².